The first kappa shape index (κ1) is 10.4. The van der Waals surface area contributed by atoms with Crippen LogP contribution >= 0.6 is 11.8 Å². The van der Waals surface area contributed by atoms with Crippen molar-refractivity contribution in [2.45, 2.75) is 12.8 Å². The number of amides is 1. The van der Waals surface area contributed by atoms with Crippen LogP contribution in [0.2, 0.25) is 0 Å². The van der Waals surface area contributed by atoms with Crippen molar-refractivity contribution in [2.24, 2.45) is 5.92 Å². The lowest BCUT2D eigenvalue weighted by atomic mass is 10.0. The summed E-state index contributed by atoms with van der Waals surface area (Å²) in [6.45, 7) is 0.506. The number of rotatable bonds is 2. The molecule has 1 aliphatic rings. The van der Waals surface area contributed by atoms with Gasteiger partial charge in [-0.2, -0.15) is 11.8 Å². The molecule has 5 heteroatoms. The van der Waals surface area contributed by atoms with Crippen LogP contribution in [-0.4, -0.2) is 35.0 Å². The molecule has 1 amide bonds. The van der Waals surface area contributed by atoms with Gasteiger partial charge in [0.1, 0.15) is 0 Å². The van der Waals surface area contributed by atoms with Crippen LogP contribution in [0.25, 0.3) is 0 Å². The highest BCUT2D eigenvalue weighted by molar-refractivity contribution is 7.99. The minimum atomic E-state index is -1.40. The van der Waals surface area contributed by atoms with Gasteiger partial charge in [-0.15, -0.1) is 0 Å². The first-order valence-corrected chi connectivity index (χ1v) is 5.44. The van der Waals surface area contributed by atoms with E-state index in [4.69, 9.17) is 5.11 Å². The second kappa shape index (κ2) is 5.11. The van der Waals surface area contributed by atoms with Crippen LogP contribution in [0.15, 0.2) is 0 Å². The third kappa shape index (κ3) is 3.67. The van der Waals surface area contributed by atoms with Crippen molar-refractivity contribution in [1.29, 1.82) is 0 Å². The summed E-state index contributed by atoms with van der Waals surface area (Å²) in [6.07, 6.45) is 2.15. The Bertz CT molecular complexity index is 202. The third-order valence-corrected chi connectivity index (χ3v) is 3.14. The highest BCUT2D eigenvalue weighted by atomic mass is 32.2. The molecule has 1 fully saturated rings. The van der Waals surface area contributed by atoms with E-state index in [0.717, 1.165) is 24.3 Å². The number of carbonyl (C=O) groups excluding carboxylic acids is 1. The Morgan fingerprint density at radius 3 is 2.54 bits per heavy atom. The molecule has 1 aliphatic heterocycles. The van der Waals surface area contributed by atoms with Crippen LogP contribution in [0.3, 0.4) is 0 Å². The van der Waals surface area contributed by atoms with Gasteiger partial charge >= 0.3 is 11.9 Å². The number of carboxylic acid groups (broad SMARTS) is 1. The number of thioether (sulfide) groups is 1. The van der Waals surface area contributed by atoms with E-state index in [2.05, 4.69) is 5.32 Å². The lowest BCUT2D eigenvalue weighted by Gasteiger charge is -2.20. The summed E-state index contributed by atoms with van der Waals surface area (Å²) in [5.41, 5.74) is 0. The Kier molecular flexibility index (Phi) is 4.08. The van der Waals surface area contributed by atoms with Crippen LogP contribution in [0.5, 0.6) is 0 Å². The van der Waals surface area contributed by atoms with Crippen molar-refractivity contribution in [3.63, 3.8) is 0 Å². The van der Waals surface area contributed by atoms with Crippen LogP contribution in [-0.2, 0) is 9.59 Å². The van der Waals surface area contributed by atoms with Crippen LogP contribution in [0.4, 0.5) is 0 Å². The fourth-order valence-electron chi connectivity index (χ4n) is 1.26. The van der Waals surface area contributed by atoms with E-state index in [0.29, 0.717) is 12.5 Å². The summed E-state index contributed by atoms with van der Waals surface area (Å²) in [5, 5.41) is 10.7. The van der Waals surface area contributed by atoms with Crippen molar-refractivity contribution < 1.29 is 14.7 Å². The molecule has 0 saturated carbocycles. The van der Waals surface area contributed by atoms with E-state index in [-0.39, 0.29) is 0 Å². The molecule has 4 nitrogen and oxygen atoms in total. The molecule has 1 saturated heterocycles. The molecule has 2 N–H and O–H groups in total. The minimum absolute atomic E-state index is 0.463. The average molecular weight is 203 g/mol. The van der Waals surface area contributed by atoms with Gasteiger partial charge in [-0.05, 0) is 30.3 Å². The normalized spacial score (nSPS) is 18.2. The van der Waals surface area contributed by atoms with Gasteiger partial charge in [0.15, 0.2) is 0 Å². The summed E-state index contributed by atoms with van der Waals surface area (Å²) >= 11 is 1.91. The van der Waals surface area contributed by atoms with Crippen molar-refractivity contribution in [3.05, 3.63) is 0 Å². The lowest BCUT2D eigenvalue weighted by Crippen LogP contribution is -2.35. The topological polar surface area (TPSA) is 66.4 Å². The SMILES string of the molecule is O=C(O)C(=O)NCC1CCSCC1. The zero-order valence-electron chi connectivity index (χ0n) is 7.28. The molecule has 0 bridgehead atoms. The van der Waals surface area contributed by atoms with Gasteiger partial charge in [0, 0.05) is 6.54 Å². The molecular formula is C8H13NO3S. The highest BCUT2D eigenvalue weighted by Gasteiger charge is 2.16. The molecule has 0 unspecified atom stereocenters. The Morgan fingerprint density at radius 1 is 1.38 bits per heavy atom. The number of hydrogen-bond donors (Lipinski definition) is 2. The summed E-state index contributed by atoms with van der Waals surface area (Å²) in [5.74, 6) is 0.411. The average Bonchev–Trinajstić information content (AvgIpc) is 2.15. The van der Waals surface area contributed by atoms with E-state index in [1.807, 2.05) is 11.8 Å². The Labute approximate surface area is 81.1 Å². The Hall–Kier alpha value is -0.710. The largest absolute Gasteiger partial charge is 0.474 e. The van der Waals surface area contributed by atoms with Gasteiger partial charge in [-0.25, -0.2) is 4.79 Å². The first-order valence-electron chi connectivity index (χ1n) is 4.29. The van der Waals surface area contributed by atoms with Gasteiger partial charge in [0.2, 0.25) is 0 Å². The van der Waals surface area contributed by atoms with Gasteiger partial charge in [0.05, 0.1) is 0 Å². The van der Waals surface area contributed by atoms with Crippen molar-refractivity contribution in [3.8, 4) is 0 Å². The molecule has 0 aromatic rings. The molecule has 0 atom stereocenters. The van der Waals surface area contributed by atoms with E-state index >= 15 is 0 Å². The second-order valence-corrected chi connectivity index (χ2v) is 4.30. The molecule has 0 aliphatic carbocycles. The number of aliphatic carboxylic acids is 1. The van der Waals surface area contributed by atoms with E-state index < -0.39 is 11.9 Å². The maximum Gasteiger partial charge on any atom is 0.394 e. The third-order valence-electron chi connectivity index (χ3n) is 2.09. The predicted octanol–water partition coefficient (Wildman–Crippen LogP) is 0.330. The maximum atomic E-state index is 10.7. The number of hydrogen-bond acceptors (Lipinski definition) is 3. The smallest absolute Gasteiger partial charge is 0.394 e. The number of nitrogens with one attached hydrogen (secondary N) is 1. The fraction of sp³-hybridized carbons (Fsp3) is 0.750. The predicted molar refractivity (Wildman–Crippen MR) is 50.7 cm³/mol. The van der Waals surface area contributed by atoms with Gasteiger partial charge in [-0.1, -0.05) is 0 Å². The maximum absolute atomic E-state index is 10.7. The lowest BCUT2D eigenvalue weighted by molar-refractivity contribution is -0.150. The Morgan fingerprint density at radius 2 is 2.00 bits per heavy atom. The molecule has 0 aromatic carbocycles. The molecule has 1 rings (SSSR count). The zero-order valence-corrected chi connectivity index (χ0v) is 8.10. The summed E-state index contributed by atoms with van der Waals surface area (Å²) in [6, 6.07) is 0. The van der Waals surface area contributed by atoms with Gasteiger partial charge in [-0.3, -0.25) is 4.79 Å². The highest BCUT2D eigenvalue weighted by Crippen LogP contribution is 2.21. The number of carboxylic acids is 1. The standard InChI is InChI=1S/C8H13NO3S/c10-7(8(11)12)9-5-6-1-3-13-4-2-6/h6H,1-5H2,(H,9,10)(H,11,12). The molecule has 0 aromatic heterocycles. The molecular weight excluding hydrogens is 190 g/mol. The summed E-state index contributed by atoms with van der Waals surface area (Å²) in [7, 11) is 0. The van der Waals surface area contributed by atoms with Crippen LogP contribution < -0.4 is 5.32 Å². The molecule has 1 heterocycles. The van der Waals surface area contributed by atoms with Crippen molar-refractivity contribution >= 4 is 23.6 Å². The molecule has 13 heavy (non-hydrogen) atoms. The van der Waals surface area contributed by atoms with Crippen molar-refractivity contribution in [1.82, 2.24) is 5.32 Å². The zero-order chi connectivity index (χ0) is 9.68. The van der Waals surface area contributed by atoms with E-state index in [1.165, 1.54) is 0 Å². The quantitative estimate of drug-likeness (QED) is 0.635. The molecule has 0 radical (unpaired) electrons. The summed E-state index contributed by atoms with van der Waals surface area (Å²) in [4.78, 5) is 20.8. The molecule has 0 spiro atoms. The van der Waals surface area contributed by atoms with E-state index in [1.54, 1.807) is 0 Å². The minimum Gasteiger partial charge on any atom is -0.474 e. The monoisotopic (exact) mass is 203 g/mol. The molecule has 74 valence electrons. The second-order valence-electron chi connectivity index (χ2n) is 3.07. The Balaban J connectivity index is 2.17. The van der Waals surface area contributed by atoms with Gasteiger partial charge < -0.3 is 10.4 Å². The summed E-state index contributed by atoms with van der Waals surface area (Å²) < 4.78 is 0. The van der Waals surface area contributed by atoms with Crippen LogP contribution in [0, 0.1) is 5.92 Å². The van der Waals surface area contributed by atoms with Gasteiger partial charge in [0.25, 0.3) is 0 Å². The van der Waals surface area contributed by atoms with Crippen molar-refractivity contribution in [2.75, 3.05) is 18.1 Å². The number of carbonyl (C=O) groups is 2. The van der Waals surface area contributed by atoms with Crippen LogP contribution in [0.1, 0.15) is 12.8 Å². The first-order chi connectivity index (χ1) is 6.20. The fourth-order valence-corrected chi connectivity index (χ4v) is 2.47. The van der Waals surface area contributed by atoms with E-state index in [9.17, 15) is 9.59 Å².